The summed E-state index contributed by atoms with van der Waals surface area (Å²) < 4.78 is 7.61. The van der Waals surface area contributed by atoms with E-state index in [9.17, 15) is 0 Å². The van der Waals surface area contributed by atoms with Gasteiger partial charge in [-0.1, -0.05) is 0 Å². The topological polar surface area (TPSA) is 77.9 Å². The summed E-state index contributed by atoms with van der Waals surface area (Å²) in [5, 5.41) is 21.9. The van der Waals surface area contributed by atoms with Crippen LogP contribution in [-0.4, -0.2) is 47.0 Å². The van der Waals surface area contributed by atoms with E-state index in [1.807, 2.05) is 16.9 Å². The number of hydrogen-bond acceptors (Lipinski definition) is 5. The highest BCUT2D eigenvalue weighted by Gasteiger charge is 2.23. The van der Waals surface area contributed by atoms with Crippen molar-refractivity contribution < 1.29 is 4.74 Å². The van der Waals surface area contributed by atoms with Crippen molar-refractivity contribution in [3.63, 3.8) is 0 Å². The van der Waals surface area contributed by atoms with E-state index in [1.54, 1.807) is 6.20 Å². The maximum absolute atomic E-state index is 9.13. The molecule has 0 radical (unpaired) electrons. The fourth-order valence-corrected chi connectivity index (χ4v) is 2.42. The molecule has 1 aliphatic heterocycles. The van der Waals surface area contributed by atoms with Gasteiger partial charge in [-0.25, -0.2) is 0 Å². The average molecular weight is 273 g/mol. The van der Waals surface area contributed by atoms with E-state index in [0.29, 0.717) is 19.4 Å². The first kappa shape index (κ1) is 14.5. The molecule has 0 aliphatic carbocycles. The number of nitriles is 2. The molecule has 1 aromatic rings. The lowest BCUT2D eigenvalue weighted by Gasteiger charge is -2.33. The minimum Gasteiger partial charge on any atom is -0.374 e. The third-order valence-electron chi connectivity index (χ3n) is 3.44. The quantitative estimate of drug-likeness (QED) is 0.773. The van der Waals surface area contributed by atoms with Crippen LogP contribution in [0.15, 0.2) is 18.5 Å². The van der Waals surface area contributed by atoms with E-state index < -0.39 is 0 Å². The molecule has 2 rings (SSSR count). The van der Waals surface area contributed by atoms with Crippen LogP contribution >= 0.6 is 0 Å². The minimum absolute atomic E-state index is 0.0712. The summed E-state index contributed by atoms with van der Waals surface area (Å²) in [7, 11) is 0. The largest absolute Gasteiger partial charge is 0.374 e. The van der Waals surface area contributed by atoms with E-state index in [4.69, 9.17) is 15.3 Å². The zero-order chi connectivity index (χ0) is 14.2. The molecule has 2 heterocycles. The molecule has 2 atom stereocenters. The number of morpholine rings is 1. The zero-order valence-corrected chi connectivity index (χ0v) is 11.5. The smallest absolute Gasteiger partial charge is 0.0898 e. The van der Waals surface area contributed by atoms with Crippen LogP contribution in [0.2, 0.25) is 0 Å². The van der Waals surface area contributed by atoms with Crippen LogP contribution in [0, 0.1) is 28.6 Å². The van der Waals surface area contributed by atoms with Crippen LogP contribution in [0.25, 0.3) is 0 Å². The molecule has 106 valence electrons. The lowest BCUT2D eigenvalue weighted by Crippen LogP contribution is -2.45. The Balaban J connectivity index is 1.81. The van der Waals surface area contributed by atoms with Gasteiger partial charge in [-0.15, -0.1) is 0 Å². The third kappa shape index (κ3) is 4.34. The highest BCUT2D eigenvalue weighted by molar-refractivity contribution is 4.89. The van der Waals surface area contributed by atoms with Gasteiger partial charge in [0.1, 0.15) is 0 Å². The number of aromatic nitrogens is 2. The number of hydrogen-bond donors (Lipinski definition) is 0. The van der Waals surface area contributed by atoms with Crippen molar-refractivity contribution in [3.05, 3.63) is 18.5 Å². The van der Waals surface area contributed by atoms with Crippen molar-refractivity contribution in [2.45, 2.75) is 25.5 Å². The summed E-state index contributed by atoms with van der Waals surface area (Å²) in [4.78, 5) is 2.25. The van der Waals surface area contributed by atoms with Gasteiger partial charge in [0.05, 0.1) is 37.3 Å². The Kier molecular flexibility index (Phi) is 5.55. The Morgan fingerprint density at radius 2 is 2.35 bits per heavy atom. The van der Waals surface area contributed by atoms with Gasteiger partial charge in [0.15, 0.2) is 0 Å². The molecule has 1 aliphatic rings. The van der Waals surface area contributed by atoms with E-state index in [0.717, 1.165) is 26.2 Å². The SMILES string of the molecule is N#CCC[C@@H](C#N)CN1CCO[C@H](Cn2cccn2)C1. The summed E-state index contributed by atoms with van der Waals surface area (Å²) in [6.07, 6.45) is 4.88. The van der Waals surface area contributed by atoms with Gasteiger partial charge in [-0.3, -0.25) is 9.58 Å². The van der Waals surface area contributed by atoms with Crippen molar-refractivity contribution in [1.29, 1.82) is 10.5 Å². The molecule has 1 fully saturated rings. The Morgan fingerprint density at radius 3 is 3.05 bits per heavy atom. The van der Waals surface area contributed by atoms with Gasteiger partial charge in [0, 0.05) is 38.4 Å². The third-order valence-corrected chi connectivity index (χ3v) is 3.44. The van der Waals surface area contributed by atoms with Crippen LogP contribution in [0.4, 0.5) is 0 Å². The standard InChI is InChI=1S/C14H19N5O/c15-4-1-3-13(9-16)10-18-7-8-20-14(11-18)12-19-6-2-5-17-19/h2,5-6,13-14H,1,3,7-8,10-12H2/t13-,14-/m0/s1. The van der Waals surface area contributed by atoms with Crippen molar-refractivity contribution in [1.82, 2.24) is 14.7 Å². The van der Waals surface area contributed by atoms with E-state index in [1.165, 1.54) is 0 Å². The summed E-state index contributed by atoms with van der Waals surface area (Å²) in [5.74, 6) is -0.0712. The van der Waals surface area contributed by atoms with E-state index in [2.05, 4.69) is 22.1 Å². The molecule has 0 aromatic carbocycles. The molecular formula is C14H19N5O. The van der Waals surface area contributed by atoms with Crippen LogP contribution in [0.5, 0.6) is 0 Å². The molecule has 1 saturated heterocycles. The first-order valence-corrected chi connectivity index (χ1v) is 6.89. The maximum atomic E-state index is 9.13. The van der Waals surface area contributed by atoms with E-state index in [-0.39, 0.29) is 12.0 Å². The summed E-state index contributed by atoms with van der Waals surface area (Å²) >= 11 is 0. The molecule has 0 bridgehead atoms. The van der Waals surface area contributed by atoms with Gasteiger partial charge in [-0.2, -0.15) is 15.6 Å². The van der Waals surface area contributed by atoms with Crippen molar-refractivity contribution in [2.75, 3.05) is 26.2 Å². The van der Waals surface area contributed by atoms with Gasteiger partial charge < -0.3 is 4.74 Å². The summed E-state index contributed by atoms with van der Waals surface area (Å²) in [6.45, 7) is 3.79. The Bertz CT molecular complexity index is 473. The second kappa shape index (κ2) is 7.64. The van der Waals surface area contributed by atoms with Crippen LogP contribution in [0.1, 0.15) is 12.8 Å². The predicted molar refractivity (Wildman–Crippen MR) is 72.4 cm³/mol. The van der Waals surface area contributed by atoms with Crippen molar-refractivity contribution in [3.8, 4) is 12.1 Å². The fourth-order valence-electron chi connectivity index (χ4n) is 2.42. The number of ether oxygens (including phenoxy) is 1. The number of nitrogens with zero attached hydrogens (tertiary/aromatic N) is 5. The molecular weight excluding hydrogens is 254 g/mol. The molecule has 6 heteroatoms. The van der Waals surface area contributed by atoms with Crippen LogP contribution < -0.4 is 0 Å². The molecule has 0 spiro atoms. The average Bonchev–Trinajstić information content (AvgIpc) is 2.96. The first-order valence-electron chi connectivity index (χ1n) is 6.89. The predicted octanol–water partition coefficient (Wildman–Crippen LogP) is 1.03. The molecule has 0 amide bonds. The molecule has 0 unspecified atom stereocenters. The molecule has 6 nitrogen and oxygen atoms in total. The Morgan fingerprint density at radius 1 is 1.45 bits per heavy atom. The lowest BCUT2D eigenvalue weighted by atomic mass is 10.0. The highest BCUT2D eigenvalue weighted by atomic mass is 16.5. The zero-order valence-electron chi connectivity index (χ0n) is 11.5. The van der Waals surface area contributed by atoms with Crippen molar-refractivity contribution in [2.24, 2.45) is 5.92 Å². The van der Waals surface area contributed by atoms with Crippen molar-refractivity contribution >= 4 is 0 Å². The van der Waals surface area contributed by atoms with Crippen LogP contribution in [0.3, 0.4) is 0 Å². The molecule has 0 saturated carbocycles. The molecule has 1 aromatic heterocycles. The van der Waals surface area contributed by atoms with Gasteiger partial charge in [0.2, 0.25) is 0 Å². The van der Waals surface area contributed by atoms with Gasteiger partial charge in [0.25, 0.3) is 0 Å². The normalized spacial score (nSPS) is 21.0. The second-order valence-corrected chi connectivity index (χ2v) is 5.00. The maximum Gasteiger partial charge on any atom is 0.0898 e. The highest BCUT2D eigenvalue weighted by Crippen LogP contribution is 2.12. The van der Waals surface area contributed by atoms with Crippen LogP contribution in [-0.2, 0) is 11.3 Å². The van der Waals surface area contributed by atoms with Gasteiger partial charge >= 0.3 is 0 Å². The Hall–Kier alpha value is -1.89. The molecule has 0 N–H and O–H groups in total. The lowest BCUT2D eigenvalue weighted by molar-refractivity contribution is -0.0400. The Labute approximate surface area is 119 Å². The van der Waals surface area contributed by atoms with E-state index >= 15 is 0 Å². The second-order valence-electron chi connectivity index (χ2n) is 5.00. The summed E-state index contributed by atoms with van der Waals surface area (Å²) in [6, 6.07) is 6.29. The number of rotatable bonds is 6. The van der Waals surface area contributed by atoms with Gasteiger partial charge in [-0.05, 0) is 12.5 Å². The molecule has 20 heavy (non-hydrogen) atoms. The summed E-state index contributed by atoms with van der Waals surface area (Å²) in [5.41, 5.74) is 0. The monoisotopic (exact) mass is 273 g/mol. The fraction of sp³-hybridized carbons (Fsp3) is 0.643. The minimum atomic E-state index is -0.0712. The first-order chi connectivity index (χ1) is 9.81.